The molecular weight excluding hydrogens is 498 g/mol. The Balaban J connectivity index is 1.18. The second-order valence-corrected chi connectivity index (χ2v) is 11.0. The maximum absolute atomic E-state index is 3.77. The van der Waals surface area contributed by atoms with Crippen molar-refractivity contribution in [3.63, 3.8) is 0 Å². The molecule has 5 aromatic carbocycles. The molecule has 0 fully saturated rings. The standard InChI is InChI=1S/C38H27N3/c1-3-9-27(10-4-1)40-22-21-31-35(40)20-17-30-32-23-25(15-18-34(32)39-38(30)31)26-16-19-37-33(24-26)29-13-7-8-14-36(29)41(37)28-11-5-2-6-12-28/h1-16,18-19,21-24,39H,17,20H2. The molecule has 0 saturated heterocycles. The van der Waals surface area contributed by atoms with Crippen molar-refractivity contribution >= 4 is 32.7 Å². The number of fused-ring (bicyclic) bond motifs is 8. The maximum atomic E-state index is 3.77. The normalized spacial score (nSPS) is 12.7. The molecule has 8 aromatic rings. The van der Waals surface area contributed by atoms with Crippen LogP contribution in [0, 0.1) is 0 Å². The van der Waals surface area contributed by atoms with E-state index in [1.807, 2.05) is 0 Å². The fourth-order valence-electron chi connectivity index (χ4n) is 6.95. The highest BCUT2D eigenvalue weighted by Crippen LogP contribution is 2.41. The number of aromatic amines is 1. The molecule has 0 unspecified atom stereocenters. The quantitative estimate of drug-likeness (QED) is 0.238. The number of nitrogens with one attached hydrogen (secondary N) is 1. The molecule has 194 valence electrons. The third-order valence-electron chi connectivity index (χ3n) is 8.83. The molecule has 0 radical (unpaired) electrons. The number of H-pyrrole nitrogens is 1. The minimum absolute atomic E-state index is 1.03. The first-order valence-corrected chi connectivity index (χ1v) is 14.3. The summed E-state index contributed by atoms with van der Waals surface area (Å²) >= 11 is 0. The molecule has 1 aliphatic rings. The van der Waals surface area contributed by atoms with Crippen LogP contribution in [0.5, 0.6) is 0 Å². The van der Waals surface area contributed by atoms with Crippen molar-refractivity contribution < 1.29 is 0 Å². The van der Waals surface area contributed by atoms with E-state index in [1.54, 1.807) is 0 Å². The number of aryl methyl sites for hydroxylation is 1. The first kappa shape index (κ1) is 22.5. The van der Waals surface area contributed by atoms with Crippen molar-refractivity contribution in [2.75, 3.05) is 0 Å². The minimum Gasteiger partial charge on any atom is -0.354 e. The molecular formula is C38H27N3. The van der Waals surface area contributed by atoms with Gasteiger partial charge in [0.15, 0.2) is 0 Å². The van der Waals surface area contributed by atoms with Gasteiger partial charge in [0.2, 0.25) is 0 Å². The van der Waals surface area contributed by atoms with Crippen molar-refractivity contribution in [1.29, 1.82) is 0 Å². The van der Waals surface area contributed by atoms with Gasteiger partial charge in [-0.15, -0.1) is 0 Å². The average molecular weight is 526 g/mol. The zero-order valence-corrected chi connectivity index (χ0v) is 22.5. The molecule has 0 atom stereocenters. The number of hydrogen-bond donors (Lipinski definition) is 1. The van der Waals surface area contributed by atoms with Crippen LogP contribution in [0.2, 0.25) is 0 Å². The number of nitrogens with zero attached hydrogens (tertiary/aromatic N) is 2. The fourth-order valence-corrected chi connectivity index (χ4v) is 6.95. The lowest BCUT2D eigenvalue weighted by molar-refractivity contribution is 0.857. The van der Waals surface area contributed by atoms with Crippen molar-refractivity contribution in [3.05, 3.63) is 145 Å². The molecule has 3 heteroatoms. The number of hydrogen-bond acceptors (Lipinski definition) is 0. The van der Waals surface area contributed by atoms with Gasteiger partial charge in [0.05, 0.1) is 16.7 Å². The van der Waals surface area contributed by atoms with Gasteiger partial charge in [0.1, 0.15) is 0 Å². The largest absolute Gasteiger partial charge is 0.354 e. The van der Waals surface area contributed by atoms with E-state index in [0.717, 1.165) is 12.8 Å². The van der Waals surface area contributed by atoms with Gasteiger partial charge in [-0.3, -0.25) is 0 Å². The van der Waals surface area contributed by atoms with Crippen molar-refractivity contribution in [2.24, 2.45) is 0 Å². The Kier molecular flexibility index (Phi) is 4.73. The molecule has 3 aromatic heterocycles. The molecule has 0 saturated carbocycles. The van der Waals surface area contributed by atoms with Gasteiger partial charge in [-0.05, 0) is 90.2 Å². The van der Waals surface area contributed by atoms with Crippen LogP contribution in [-0.2, 0) is 12.8 Å². The molecule has 0 aliphatic heterocycles. The smallest absolute Gasteiger partial charge is 0.0541 e. The highest BCUT2D eigenvalue weighted by atomic mass is 15.0. The highest BCUT2D eigenvalue weighted by molar-refractivity contribution is 6.10. The molecule has 1 N–H and O–H groups in total. The SMILES string of the molecule is c1ccc(-n2ccc3c2CCc2c-3[nH]c3ccc(-c4ccc5c(c4)c4ccccc4n5-c4ccccc4)cc23)cc1. The lowest BCUT2D eigenvalue weighted by atomic mass is 9.92. The van der Waals surface area contributed by atoms with Crippen LogP contribution >= 0.6 is 0 Å². The molecule has 9 rings (SSSR count). The number of para-hydroxylation sites is 3. The second-order valence-electron chi connectivity index (χ2n) is 11.0. The first-order chi connectivity index (χ1) is 20.3. The third-order valence-corrected chi connectivity index (χ3v) is 8.83. The Labute approximate surface area is 237 Å². The van der Waals surface area contributed by atoms with Gasteiger partial charge < -0.3 is 14.1 Å². The lowest BCUT2D eigenvalue weighted by Gasteiger charge is -2.17. The summed E-state index contributed by atoms with van der Waals surface area (Å²) in [4.78, 5) is 3.77. The second kappa shape index (κ2) is 8.61. The minimum atomic E-state index is 1.03. The summed E-state index contributed by atoms with van der Waals surface area (Å²) in [7, 11) is 0. The van der Waals surface area contributed by atoms with Crippen molar-refractivity contribution in [1.82, 2.24) is 14.1 Å². The topological polar surface area (TPSA) is 25.6 Å². The Morgan fingerprint density at radius 1 is 0.537 bits per heavy atom. The monoisotopic (exact) mass is 525 g/mol. The van der Waals surface area contributed by atoms with Crippen LogP contribution in [0.4, 0.5) is 0 Å². The lowest BCUT2D eigenvalue weighted by Crippen LogP contribution is -2.07. The van der Waals surface area contributed by atoms with Crippen LogP contribution in [0.15, 0.2) is 134 Å². The van der Waals surface area contributed by atoms with E-state index in [9.17, 15) is 0 Å². The number of aromatic nitrogens is 3. The summed E-state index contributed by atoms with van der Waals surface area (Å²) in [6.07, 6.45) is 4.28. The van der Waals surface area contributed by atoms with E-state index in [-0.39, 0.29) is 0 Å². The summed E-state index contributed by atoms with van der Waals surface area (Å²) in [6.45, 7) is 0. The third kappa shape index (κ3) is 3.33. The van der Waals surface area contributed by atoms with Crippen molar-refractivity contribution in [2.45, 2.75) is 12.8 Å². The molecule has 1 aliphatic carbocycles. The summed E-state index contributed by atoms with van der Waals surface area (Å²) in [5.41, 5.74) is 14.0. The average Bonchev–Trinajstić information content (AvgIpc) is 3.73. The predicted octanol–water partition coefficient (Wildman–Crippen LogP) is 9.49. The molecule has 3 heterocycles. The van der Waals surface area contributed by atoms with Gasteiger partial charge in [0.25, 0.3) is 0 Å². The number of benzene rings is 5. The zero-order chi connectivity index (χ0) is 26.9. The van der Waals surface area contributed by atoms with E-state index in [1.165, 1.54) is 77.7 Å². The number of rotatable bonds is 3. The Morgan fingerprint density at radius 3 is 2.05 bits per heavy atom. The van der Waals surface area contributed by atoms with Gasteiger partial charge in [0, 0.05) is 50.5 Å². The van der Waals surface area contributed by atoms with Gasteiger partial charge in [-0.1, -0.05) is 66.7 Å². The van der Waals surface area contributed by atoms with Crippen LogP contribution in [0.25, 0.3) is 66.5 Å². The van der Waals surface area contributed by atoms with Gasteiger partial charge >= 0.3 is 0 Å². The first-order valence-electron chi connectivity index (χ1n) is 14.3. The van der Waals surface area contributed by atoms with E-state index in [4.69, 9.17) is 0 Å². The zero-order valence-electron chi connectivity index (χ0n) is 22.5. The molecule has 3 nitrogen and oxygen atoms in total. The van der Waals surface area contributed by atoms with Crippen LogP contribution < -0.4 is 0 Å². The van der Waals surface area contributed by atoms with E-state index in [0.29, 0.717) is 0 Å². The van der Waals surface area contributed by atoms with Crippen LogP contribution in [0.3, 0.4) is 0 Å². The molecule has 0 amide bonds. The summed E-state index contributed by atoms with van der Waals surface area (Å²) in [6, 6.07) is 46.2. The highest BCUT2D eigenvalue weighted by Gasteiger charge is 2.24. The summed E-state index contributed by atoms with van der Waals surface area (Å²) in [5.74, 6) is 0. The molecule has 41 heavy (non-hydrogen) atoms. The fraction of sp³-hybridized carbons (Fsp3) is 0.0526. The predicted molar refractivity (Wildman–Crippen MR) is 170 cm³/mol. The molecule has 0 bridgehead atoms. The Bertz CT molecular complexity index is 2240. The van der Waals surface area contributed by atoms with Gasteiger partial charge in [-0.25, -0.2) is 0 Å². The maximum Gasteiger partial charge on any atom is 0.0541 e. The van der Waals surface area contributed by atoms with E-state index < -0.39 is 0 Å². The van der Waals surface area contributed by atoms with Gasteiger partial charge in [-0.2, -0.15) is 0 Å². The van der Waals surface area contributed by atoms with Crippen LogP contribution in [0.1, 0.15) is 11.3 Å². The van der Waals surface area contributed by atoms with E-state index in [2.05, 4.69) is 148 Å². The van der Waals surface area contributed by atoms with Crippen molar-refractivity contribution in [3.8, 4) is 33.8 Å². The van der Waals surface area contributed by atoms with Crippen LogP contribution in [-0.4, -0.2) is 14.1 Å². The Hall–Kier alpha value is -5.28. The molecule has 0 spiro atoms. The summed E-state index contributed by atoms with van der Waals surface area (Å²) in [5, 5.41) is 3.90. The Morgan fingerprint density at radius 2 is 1.22 bits per heavy atom. The summed E-state index contributed by atoms with van der Waals surface area (Å²) < 4.78 is 4.72. The van der Waals surface area contributed by atoms with E-state index >= 15 is 0 Å².